The van der Waals surface area contributed by atoms with Crippen LogP contribution in [0.25, 0.3) is 0 Å². The minimum absolute atomic E-state index is 0.0496. The van der Waals surface area contributed by atoms with Crippen LogP contribution in [0.2, 0.25) is 0 Å². The van der Waals surface area contributed by atoms with Crippen LogP contribution in [0.3, 0.4) is 0 Å². The van der Waals surface area contributed by atoms with E-state index in [1.54, 1.807) is 0 Å². The maximum atomic E-state index is 11.7. The molecule has 0 unspecified atom stereocenters. The lowest BCUT2D eigenvalue weighted by Gasteiger charge is -2.25. The lowest BCUT2D eigenvalue weighted by Crippen LogP contribution is -2.42. The number of unbranched alkanes of at least 4 members (excludes halogenated alkanes) is 8. The molecule has 3 nitrogen and oxygen atoms in total. The van der Waals surface area contributed by atoms with E-state index in [2.05, 4.69) is 13.8 Å². The average molecular weight is 286 g/mol. The summed E-state index contributed by atoms with van der Waals surface area (Å²) in [5.74, 6) is -0.0496. The highest BCUT2D eigenvalue weighted by Gasteiger charge is 2.20. The van der Waals surface area contributed by atoms with Gasteiger partial charge in [0.25, 0.3) is 0 Å². The van der Waals surface area contributed by atoms with E-state index in [1.807, 2.05) is 14.1 Å². The van der Waals surface area contributed by atoms with Gasteiger partial charge < -0.3 is 0 Å². The summed E-state index contributed by atoms with van der Waals surface area (Å²) in [5, 5.41) is 0. The molecule has 0 aromatic heterocycles. The number of nitrogens with zero attached hydrogens (tertiary/aromatic N) is 1. The van der Waals surface area contributed by atoms with E-state index in [-0.39, 0.29) is 5.97 Å². The summed E-state index contributed by atoms with van der Waals surface area (Å²) >= 11 is 0. The molecule has 3 heteroatoms. The standard InChI is InChI=1S/C17H36NO2/c1-5-7-8-9-10-11-12-13-14-15-17(19)20-18(3,4)16-6-2/h5-16H2,1-4H3/q+1. The molecule has 0 radical (unpaired) electrons. The van der Waals surface area contributed by atoms with Gasteiger partial charge in [0.15, 0.2) is 0 Å². The molecule has 0 aromatic rings. The quantitative estimate of drug-likeness (QED) is 0.275. The molecule has 0 aliphatic carbocycles. The fourth-order valence-corrected chi connectivity index (χ4v) is 2.49. The van der Waals surface area contributed by atoms with Gasteiger partial charge in [0.2, 0.25) is 0 Å². The van der Waals surface area contributed by atoms with Crippen LogP contribution in [-0.4, -0.2) is 31.3 Å². The van der Waals surface area contributed by atoms with E-state index >= 15 is 0 Å². The zero-order valence-electron chi connectivity index (χ0n) is 14.2. The highest BCUT2D eigenvalue weighted by Crippen LogP contribution is 2.11. The largest absolute Gasteiger partial charge is 0.366 e. The Balaban J connectivity index is 3.40. The predicted octanol–water partition coefficient (Wildman–Crippen LogP) is 4.85. The molecular formula is C17H36NO2+. The molecule has 0 aliphatic heterocycles. The van der Waals surface area contributed by atoms with Crippen molar-refractivity contribution in [2.75, 3.05) is 20.6 Å². The number of hydrogen-bond donors (Lipinski definition) is 0. The van der Waals surface area contributed by atoms with Gasteiger partial charge in [-0.15, -0.1) is 4.65 Å². The Morgan fingerprint density at radius 3 is 1.80 bits per heavy atom. The van der Waals surface area contributed by atoms with E-state index < -0.39 is 0 Å². The fraction of sp³-hybridized carbons (Fsp3) is 0.941. The van der Waals surface area contributed by atoms with Crippen LogP contribution in [0, 0.1) is 0 Å². The Bertz CT molecular complexity index is 239. The first kappa shape index (κ1) is 19.4. The van der Waals surface area contributed by atoms with Crippen molar-refractivity contribution in [3.8, 4) is 0 Å². The van der Waals surface area contributed by atoms with E-state index in [9.17, 15) is 4.79 Å². The minimum atomic E-state index is -0.0496. The molecule has 0 rings (SSSR count). The summed E-state index contributed by atoms with van der Waals surface area (Å²) < 4.78 is 0.354. The molecule has 0 amide bonds. The molecule has 0 atom stereocenters. The van der Waals surface area contributed by atoms with Gasteiger partial charge in [-0.1, -0.05) is 65.2 Å². The zero-order chi connectivity index (χ0) is 15.3. The van der Waals surface area contributed by atoms with E-state index in [0.717, 1.165) is 25.8 Å². The van der Waals surface area contributed by atoms with Crippen molar-refractivity contribution in [1.82, 2.24) is 0 Å². The molecule has 0 saturated carbocycles. The fourth-order valence-electron chi connectivity index (χ4n) is 2.49. The summed E-state index contributed by atoms with van der Waals surface area (Å²) in [5.41, 5.74) is 0. The van der Waals surface area contributed by atoms with E-state index in [1.165, 1.54) is 44.9 Å². The molecule has 0 aromatic carbocycles. The van der Waals surface area contributed by atoms with Gasteiger partial charge in [0.1, 0.15) is 20.6 Å². The van der Waals surface area contributed by atoms with Crippen LogP contribution in [0.15, 0.2) is 0 Å². The smallest absolute Gasteiger partial charge is 0.277 e. The summed E-state index contributed by atoms with van der Waals surface area (Å²) in [6.45, 7) is 5.23. The highest BCUT2D eigenvalue weighted by molar-refractivity contribution is 5.68. The third kappa shape index (κ3) is 12.5. The Morgan fingerprint density at radius 2 is 1.30 bits per heavy atom. The molecule has 0 N–H and O–H groups in total. The van der Waals surface area contributed by atoms with Gasteiger partial charge in [-0.2, -0.15) is 0 Å². The molecule has 120 valence electrons. The third-order valence-electron chi connectivity index (χ3n) is 3.60. The van der Waals surface area contributed by atoms with Crippen molar-refractivity contribution in [3.05, 3.63) is 0 Å². The maximum absolute atomic E-state index is 11.7. The van der Waals surface area contributed by atoms with Crippen LogP contribution in [-0.2, 0) is 9.63 Å². The van der Waals surface area contributed by atoms with Gasteiger partial charge in [-0.3, -0.25) is 4.84 Å². The second kappa shape index (κ2) is 12.2. The molecule has 0 spiro atoms. The lowest BCUT2D eigenvalue weighted by molar-refractivity contribution is -1.06. The van der Waals surface area contributed by atoms with Crippen LogP contribution in [0.5, 0.6) is 0 Å². The number of hydrogen-bond acceptors (Lipinski definition) is 2. The van der Waals surface area contributed by atoms with Crippen molar-refractivity contribution >= 4 is 5.97 Å². The number of quaternary nitrogens is 1. The lowest BCUT2D eigenvalue weighted by atomic mass is 10.1. The van der Waals surface area contributed by atoms with Crippen molar-refractivity contribution in [3.63, 3.8) is 0 Å². The minimum Gasteiger partial charge on any atom is -0.277 e. The second-order valence-electron chi connectivity index (χ2n) is 6.34. The monoisotopic (exact) mass is 286 g/mol. The molecule has 0 aliphatic rings. The average Bonchev–Trinajstić information content (AvgIpc) is 2.36. The van der Waals surface area contributed by atoms with Crippen molar-refractivity contribution < 1.29 is 14.3 Å². The Hall–Kier alpha value is -0.570. The van der Waals surface area contributed by atoms with Gasteiger partial charge in [0.05, 0.1) is 6.42 Å². The molecule has 0 saturated heterocycles. The first-order valence-corrected chi connectivity index (χ1v) is 8.57. The molecular weight excluding hydrogens is 250 g/mol. The van der Waals surface area contributed by atoms with Gasteiger partial charge in [0, 0.05) is 0 Å². The van der Waals surface area contributed by atoms with E-state index in [4.69, 9.17) is 4.84 Å². The Kier molecular flexibility index (Phi) is 11.8. The molecule has 20 heavy (non-hydrogen) atoms. The SMILES string of the molecule is CCCCCCCCCCCC(=O)O[N+](C)(C)CCC. The van der Waals surface area contributed by atoms with Crippen molar-refractivity contribution in [2.24, 2.45) is 0 Å². The predicted molar refractivity (Wildman–Crippen MR) is 85.2 cm³/mol. The maximum Gasteiger partial charge on any atom is 0.366 e. The first-order chi connectivity index (χ1) is 9.52. The van der Waals surface area contributed by atoms with Crippen LogP contribution in [0.1, 0.15) is 84.5 Å². The summed E-state index contributed by atoms with van der Waals surface area (Å²) in [7, 11) is 3.88. The van der Waals surface area contributed by atoms with Crippen molar-refractivity contribution in [1.29, 1.82) is 0 Å². The summed E-state index contributed by atoms with van der Waals surface area (Å²) in [4.78, 5) is 17.2. The Labute approximate surface area is 126 Å². The Morgan fingerprint density at radius 1 is 0.800 bits per heavy atom. The van der Waals surface area contributed by atoms with Crippen LogP contribution >= 0.6 is 0 Å². The van der Waals surface area contributed by atoms with Gasteiger partial charge in [-0.25, -0.2) is 4.79 Å². The van der Waals surface area contributed by atoms with Crippen LogP contribution < -0.4 is 0 Å². The van der Waals surface area contributed by atoms with E-state index in [0.29, 0.717) is 11.1 Å². The molecule has 0 heterocycles. The summed E-state index contributed by atoms with van der Waals surface area (Å²) in [6.07, 6.45) is 13.1. The third-order valence-corrected chi connectivity index (χ3v) is 3.60. The normalized spacial score (nSPS) is 11.6. The number of rotatable bonds is 13. The first-order valence-electron chi connectivity index (χ1n) is 8.57. The molecule has 0 fully saturated rings. The summed E-state index contributed by atoms with van der Waals surface area (Å²) in [6, 6.07) is 0. The van der Waals surface area contributed by atoms with Gasteiger partial charge in [-0.05, 0) is 12.8 Å². The number of carbonyl (C=O) groups is 1. The van der Waals surface area contributed by atoms with Gasteiger partial charge >= 0.3 is 5.97 Å². The number of carbonyl (C=O) groups excluding carboxylic acids is 1. The van der Waals surface area contributed by atoms with Crippen LogP contribution in [0.4, 0.5) is 0 Å². The second-order valence-corrected chi connectivity index (χ2v) is 6.34. The highest BCUT2D eigenvalue weighted by atomic mass is 16.7. The number of hydroxylamine groups is 3. The zero-order valence-corrected chi connectivity index (χ0v) is 14.2. The topological polar surface area (TPSA) is 26.3 Å². The van der Waals surface area contributed by atoms with Crippen molar-refractivity contribution in [2.45, 2.75) is 84.5 Å². The molecule has 0 bridgehead atoms.